The second-order valence-electron chi connectivity index (χ2n) is 3.05. The first kappa shape index (κ1) is 8.02. The van der Waals surface area contributed by atoms with E-state index >= 15 is 0 Å². The van der Waals surface area contributed by atoms with Gasteiger partial charge in [0.05, 0.1) is 19.3 Å². The molecule has 0 aromatic rings. The number of rotatable bonds is 3. The van der Waals surface area contributed by atoms with Crippen molar-refractivity contribution in [3.8, 4) is 0 Å². The van der Waals surface area contributed by atoms with Crippen molar-refractivity contribution in [2.75, 3.05) is 13.2 Å². The molecule has 1 aliphatic heterocycles. The molecule has 10 heavy (non-hydrogen) atoms. The molecule has 0 bridgehead atoms. The first-order valence-electron chi connectivity index (χ1n) is 4.01. The first-order chi connectivity index (χ1) is 4.79. The van der Waals surface area contributed by atoms with Gasteiger partial charge in [-0.15, -0.1) is 0 Å². The third-order valence-corrected chi connectivity index (χ3v) is 2.83. The van der Waals surface area contributed by atoms with E-state index in [9.17, 15) is 0 Å². The van der Waals surface area contributed by atoms with Gasteiger partial charge in [0.2, 0.25) is 0 Å². The minimum atomic E-state index is 0.113. The molecule has 1 rings (SSSR count). The summed E-state index contributed by atoms with van der Waals surface area (Å²) in [5.41, 5.74) is 0.300. The van der Waals surface area contributed by atoms with Crippen molar-refractivity contribution >= 4 is 0 Å². The molecular formula is C8H16O2. The van der Waals surface area contributed by atoms with Crippen molar-refractivity contribution in [2.45, 2.75) is 32.8 Å². The van der Waals surface area contributed by atoms with E-state index < -0.39 is 0 Å². The second-order valence-corrected chi connectivity index (χ2v) is 3.05. The fourth-order valence-corrected chi connectivity index (χ4v) is 1.59. The predicted octanol–water partition coefficient (Wildman–Crippen LogP) is 1.18. The molecule has 1 N–H and O–H groups in total. The summed E-state index contributed by atoms with van der Waals surface area (Å²) in [4.78, 5) is 0. The number of hydrogen-bond donors (Lipinski definition) is 1. The number of ether oxygens (including phenoxy) is 1. The average Bonchev–Trinajstić information content (AvgIpc) is 1.90. The highest BCUT2D eigenvalue weighted by Crippen LogP contribution is 2.40. The van der Waals surface area contributed by atoms with Crippen LogP contribution in [0.25, 0.3) is 0 Å². The topological polar surface area (TPSA) is 29.5 Å². The van der Waals surface area contributed by atoms with Crippen LogP contribution in [0.1, 0.15) is 26.7 Å². The van der Waals surface area contributed by atoms with E-state index in [1.54, 1.807) is 0 Å². The molecule has 1 heterocycles. The zero-order chi connectivity index (χ0) is 7.61. The third-order valence-electron chi connectivity index (χ3n) is 2.83. The molecule has 2 heteroatoms. The molecular weight excluding hydrogens is 128 g/mol. The zero-order valence-electron chi connectivity index (χ0n) is 6.76. The van der Waals surface area contributed by atoms with E-state index in [1.807, 2.05) is 0 Å². The van der Waals surface area contributed by atoms with Gasteiger partial charge in [0.1, 0.15) is 0 Å². The maximum Gasteiger partial charge on any atom is 0.0883 e. The van der Waals surface area contributed by atoms with Crippen molar-refractivity contribution in [2.24, 2.45) is 5.41 Å². The summed E-state index contributed by atoms with van der Waals surface area (Å²) in [5.74, 6) is 0. The lowest BCUT2D eigenvalue weighted by molar-refractivity contribution is -0.205. The van der Waals surface area contributed by atoms with Crippen molar-refractivity contribution < 1.29 is 9.84 Å². The highest BCUT2D eigenvalue weighted by atomic mass is 16.5. The van der Waals surface area contributed by atoms with Crippen LogP contribution in [0.5, 0.6) is 0 Å². The lowest BCUT2D eigenvalue weighted by Gasteiger charge is -2.47. The van der Waals surface area contributed by atoms with Crippen molar-refractivity contribution in [3.63, 3.8) is 0 Å². The van der Waals surface area contributed by atoms with Gasteiger partial charge in [-0.3, -0.25) is 0 Å². The smallest absolute Gasteiger partial charge is 0.0883 e. The maximum atomic E-state index is 8.86. The fourth-order valence-electron chi connectivity index (χ4n) is 1.59. The minimum Gasteiger partial charge on any atom is -0.394 e. The Kier molecular flexibility index (Phi) is 2.32. The van der Waals surface area contributed by atoms with Gasteiger partial charge in [0.25, 0.3) is 0 Å². The molecule has 1 unspecified atom stereocenters. The molecule has 0 spiro atoms. The summed E-state index contributed by atoms with van der Waals surface area (Å²) in [6.07, 6.45) is 2.35. The van der Waals surface area contributed by atoms with Gasteiger partial charge >= 0.3 is 0 Å². The Hall–Kier alpha value is -0.0800. The van der Waals surface area contributed by atoms with Crippen LogP contribution < -0.4 is 0 Å². The Morgan fingerprint density at radius 2 is 2.10 bits per heavy atom. The Bertz CT molecular complexity index is 100. The summed E-state index contributed by atoms with van der Waals surface area (Å²) in [7, 11) is 0. The molecule has 0 aromatic heterocycles. The SMILES string of the molecule is CCC1(CC)COC1CO. The standard InChI is InChI=1S/C8H16O2/c1-3-8(4-2)6-10-7(8)5-9/h7,9H,3-6H2,1-2H3. The van der Waals surface area contributed by atoms with E-state index in [-0.39, 0.29) is 12.7 Å². The van der Waals surface area contributed by atoms with Crippen LogP contribution in [-0.2, 0) is 4.74 Å². The van der Waals surface area contributed by atoms with Crippen molar-refractivity contribution in [1.82, 2.24) is 0 Å². The molecule has 0 aliphatic carbocycles. The first-order valence-corrected chi connectivity index (χ1v) is 4.01. The van der Waals surface area contributed by atoms with E-state index in [0.29, 0.717) is 5.41 Å². The van der Waals surface area contributed by atoms with Crippen LogP contribution in [0, 0.1) is 5.41 Å². The van der Waals surface area contributed by atoms with Gasteiger partial charge in [0.15, 0.2) is 0 Å². The van der Waals surface area contributed by atoms with E-state index in [1.165, 1.54) is 0 Å². The highest BCUT2D eigenvalue weighted by Gasteiger charge is 2.44. The van der Waals surface area contributed by atoms with Crippen LogP contribution in [0.15, 0.2) is 0 Å². The molecule has 0 saturated carbocycles. The van der Waals surface area contributed by atoms with Crippen LogP contribution in [0.3, 0.4) is 0 Å². The molecule has 1 saturated heterocycles. The molecule has 0 amide bonds. The van der Waals surface area contributed by atoms with Crippen LogP contribution in [0.2, 0.25) is 0 Å². The second kappa shape index (κ2) is 2.89. The zero-order valence-corrected chi connectivity index (χ0v) is 6.76. The van der Waals surface area contributed by atoms with Gasteiger partial charge in [-0.05, 0) is 12.8 Å². The van der Waals surface area contributed by atoms with Crippen molar-refractivity contribution in [1.29, 1.82) is 0 Å². The van der Waals surface area contributed by atoms with Gasteiger partial charge in [-0.25, -0.2) is 0 Å². The Labute approximate surface area is 62.2 Å². The fraction of sp³-hybridized carbons (Fsp3) is 1.00. The molecule has 1 fully saturated rings. The maximum absolute atomic E-state index is 8.86. The van der Waals surface area contributed by atoms with Crippen LogP contribution in [-0.4, -0.2) is 24.4 Å². The lowest BCUT2D eigenvalue weighted by Crippen LogP contribution is -2.53. The quantitative estimate of drug-likeness (QED) is 0.644. The molecule has 2 nitrogen and oxygen atoms in total. The summed E-state index contributed by atoms with van der Waals surface area (Å²) < 4.78 is 5.23. The summed E-state index contributed by atoms with van der Waals surface area (Å²) in [5, 5.41) is 8.86. The lowest BCUT2D eigenvalue weighted by atomic mass is 9.74. The van der Waals surface area contributed by atoms with Gasteiger partial charge < -0.3 is 9.84 Å². The monoisotopic (exact) mass is 144 g/mol. The summed E-state index contributed by atoms with van der Waals surface area (Å²) in [6, 6.07) is 0. The summed E-state index contributed by atoms with van der Waals surface area (Å²) in [6.45, 7) is 5.34. The third kappa shape index (κ3) is 0.956. The average molecular weight is 144 g/mol. The van der Waals surface area contributed by atoms with Crippen LogP contribution >= 0.6 is 0 Å². The normalized spacial score (nSPS) is 29.7. The van der Waals surface area contributed by atoms with Gasteiger partial charge in [-0.2, -0.15) is 0 Å². The molecule has 0 radical (unpaired) electrons. The van der Waals surface area contributed by atoms with E-state index in [0.717, 1.165) is 19.4 Å². The summed E-state index contributed by atoms with van der Waals surface area (Å²) >= 11 is 0. The molecule has 1 aliphatic rings. The number of hydrogen-bond acceptors (Lipinski definition) is 2. The largest absolute Gasteiger partial charge is 0.394 e. The van der Waals surface area contributed by atoms with E-state index in [4.69, 9.17) is 9.84 Å². The molecule has 0 aromatic carbocycles. The minimum absolute atomic E-state index is 0.113. The molecule has 1 atom stereocenters. The number of aliphatic hydroxyl groups is 1. The highest BCUT2D eigenvalue weighted by molar-refractivity contribution is 4.92. The molecule has 60 valence electrons. The number of aliphatic hydroxyl groups excluding tert-OH is 1. The van der Waals surface area contributed by atoms with Crippen LogP contribution in [0.4, 0.5) is 0 Å². The van der Waals surface area contributed by atoms with Crippen molar-refractivity contribution in [3.05, 3.63) is 0 Å². The van der Waals surface area contributed by atoms with E-state index in [2.05, 4.69) is 13.8 Å². The van der Waals surface area contributed by atoms with Gasteiger partial charge in [-0.1, -0.05) is 13.8 Å². The van der Waals surface area contributed by atoms with Gasteiger partial charge in [0, 0.05) is 5.41 Å². The Balaban J connectivity index is 2.48. The Morgan fingerprint density at radius 3 is 2.20 bits per heavy atom. The predicted molar refractivity (Wildman–Crippen MR) is 39.8 cm³/mol. The Morgan fingerprint density at radius 1 is 1.50 bits per heavy atom.